The molecule has 6 nitrogen and oxygen atoms in total. The van der Waals surface area contributed by atoms with Crippen LogP contribution in [0.3, 0.4) is 0 Å². The number of carbonyl (C=O) groups excluding carboxylic acids is 1. The van der Waals surface area contributed by atoms with Gasteiger partial charge in [0.25, 0.3) is 10.0 Å². The highest BCUT2D eigenvalue weighted by atomic mass is 35.5. The van der Waals surface area contributed by atoms with Crippen molar-refractivity contribution in [2.24, 2.45) is 0 Å². The predicted octanol–water partition coefficient (Wildman–Crippen LogP) is 3.05. The van der Waals surface area contributed by atoms with Gasteiger partial charge < -0.3 is 9.84 Å². The number of aliphatic hydroxyl groups is 1. The number of ether oxygens (including phenoxy) is 1. The number of fused-ring (bicyclic) bond motifs is 1. The van der Waals surface area contributed by atoms with Gasteiger partial charge in [-0.1, -0.05) is 41.9 Å². The van der Waals surface area contributed by atoms with E-state index in [0.29, 0.717) is 6.42 Å². The Balaban J connectivity index is 2.07. The van der Waals surface area contributed by atoms with E-state index in [1.54, 1.807) is 0 Å². The topological polar surface area (TPSA) is 83.9 Å². The first-order valence-corrected chi connectivity index (χ1v) is 9.87. The molecule has 1 aliphatic rings. The lowest BCUT2D eigenvalue weighted by atomic mass is 10.1. The van der Waals surface area contributed by atoms with E-state index in [9.17, 15) is 18.3 Å². The minimum Gasteiger partial charge on any atom is -0.504 e. The van der Waals surface area contributed by atoms with E-state index in [1.807, 2.05) is 30.3 Å². The summed E-state index contributed by atoms with van der Waals surface area (Å²) in [5, 5.41) is 10.5. The average Bonchev–Trinajstić information content (AvgIpc) is 3.00. The third-order valence-corrected chi connectivity index (χ3v) is 6.97. The van der Waals surface area contributed by atoms with E-state index in [4.69, 9.17) is 11.6 Å². The average molecular weight is 400 g/mol. The molecular weight excluding hydrogens is 386 g/mol. The van der Waals surface area contributed by atoms with Gasteiger partial charge in [-0.05, 0) is 18.1 Å². The second-order valence-electron chi connectivity index (χ2n) is 5.25. The Morgan fingerprint density at radius 1 is 1.32 bits per heavy atom. The third kappa shape index (κ3) is 3.12. The molecular formula is C16H14ClNO5S2. The summed E-state index contributed by atoms with van der Waals surface area (Å²) in [5.41, 5.74) is 0.500. The minimum atomic E-state index is -4.03. The number of sulfonamides is 1. The predicted molar refractivity (Wildman–Crippen MR) is 94.9 cm³/mol. The van der Waals surface area contributed by atoms with Crippen LogP contribution in [-0.2, 0) is 26.0 Å². The van der Waals surface area contributed by atoms with E-state index >= 15 is 0 Å². The van der Waals surface area contributed by atoms with Crippen LogP contribution in [-0.4, -0.2) is 37.5 Å². The van der Waals surface area contributed by atoms with Crippen LogP contribution >= 0.6 is 22.9 Å². The molecule has 1 aromatic carbocycles. The monoisotopic (exact) mass is 399 g/mol. The van der Waals surface area contributed by atoms with Gasteiger partial charge in [0.2, 0.25) is 0 Å². The largest absolute Gasteiger partial charge is 0.504 e. The van der Waals surface area contributed by atoms with Gasteiger partial charge >= 0.3 is 5.97 Å². The molecule has 0 saturated heterocycles. The molecule has 3 rings (SSSR count). The van der Waals surface area contributed by atoms with Crippen molar-refractivity contribution >= 4 is 44.7 Å². The van der Waals surface area contributed by atoms with Crippen molar-refractivity contribution < 1.29 is 23.1 Å². The Hall–Kier alpha value is -2.03. The summed E-state index contributed by atoms with van der Waals surface area (Å²) in [5.74, 6) is -1.37. The number of rotatable bonds is 4. The highest BCUT2D eigenvalue weighted by Gasteiger charge is 2.42. The van der Waals surface area contributed by atoms with Crippen molar-refractivity contribution in [3.8, 4) is 0 Å². The maximum Gasteiger partial charge on any atom is 0.359 e. The summed E-state index contributed by atoms with van der Waals surface area (Å²) in [6.07, 6.45) is 0.362. The van der Waals surface area contributed by atoms with Crippen molar-refractivity contribution in [1.29, 1.82) is 0 Å². The molecule has 0 atom stereocenters. The molecule has 0 aliphatic carbocycles. The molecule has 1 aliphatic heterocycles. The zero-order chi connectivity index (χ0) is 18.2. The van der Waals surface area contributed by atoms with Gasteiger partial charge in [-0.25, -0.2) is 13.2 Å². The molecule has 9 heteroatoms. The number of esters is 1. The summed E-state index contributed by atoms with van der Waals surface area (Å²) in [4.78, 5) is 12.1. The zero-order valence-electron chi connectivity index (χ0n) is 13.1. The van der Waals surface area contributed by atoms with E-state index < -0.39 is 27.4 Å². The first-order chi connectivity index (χ1) is 11.9. The van der Waals surface area contributed by atoms with Gasteiger partial charge in [0, 0.05) is 6.54 Å². The number of hydrogen-bond acceptors (Lipinski definition) is 6. The SMILES string of the molecule is COC(=O)C1=C(O)c2sc(Cl)cc2S(=O)(=O)N1CCc1ccccc1. The van der Waals surface area contributed by atoms with Gasteiger partial charge in [-0.3, -0.25) is 4.31 Å². The van der Waals surface area contributed by atoms with Gasteiger partial charge in [-0.15, -0.1) is 11.3 Å². The molecule has 0 saturated carbocycles. The summed E-state index contributed by atoms with van der Waals surface area (Å²) in [6.45, 7) is -0.0201. The molecule has 2 aromatic rings. The van der Waals surface area contributed by atoms with Crippen LogP contribution in [0, 0.1) is 0 Å². The molecule has 25 heavy (non-hydrogen) atoms. The van der Waals surface area contributed by atoms with Crippen LogP contribution in [0.4, 0.5) is 0 Å². The summed E-state index contributed by atoms with van der Waals surface area (Å²) >= 11 is 6.80. The first kappa shape index (κ1) is 17.8. The standard InChI is InChI=1S/C16H14ClNO5S2/c1-23-16(20)13-14(19)15-11(9-12(17)24-15)25(21,22)18(13)8-7-10-5-3-2-4-6-10/h2-6,9,19H,7-8H2,1H3. The molecule has 1 N–H and O–H groups in total. The maximum atomic E-state index is 12.9. The van der Waals surface area contributed by atoms with Crippen LogP contribution < -0.4 is 0 Å². The number of thiophene rings is 1. The van der Waals surface area contributed by atoms with E-state index in [-0.39, 0.29) is 20.7 Å². The fourth-order valence-electron chi connectivity index (χ4n) is 2.57. The van der Waals surface area contributed by atoms with Crippen LogP contribution in [0.25, 0.3) is 5.76 Å². The molecule has 0 unspecified atom stereocenters. The molecule has 1 aromatic heterocycles. The Labute approximate surface area is 154 Å². The van der Waals surface area contributed by atoms with Gasteiger partial charge in [-0.2, -0.15) is 0 Å². The molecule has 0 fully saturated rings. The fraction of sp³-hybridized carbons (Fsp3) is 0.188. The number of carbonyl (C=O) groups is 1. The first-order valence-electron chi connectivity index (χ1n) is 7.24. The number of halogens is 1. The summed E-state index contributed by atoms with van der Waals surface area (Å²) < 4.78 is 31.6. The van der Waals surface area contributed by atoms with Crippen molar-refractivity contribution in [3.63, 3.8) is 0 Å². The Morgan fingerprint density at radius 3 is 2.64 bits per heavy atom. The van der Waals surface area contributed by atoms with E-state index in [0.717, 1.165) is 28.3 Å². The molecule has 0 spiro atoms. The van der Waals surface area contributed by atoms with Crippen molar-refractivity contribution in [2.75, 3.05) is 13.7 Å². The lowest BCUT2D eigenvalue weighted by molar-refractivity contribution is -0.137. The second kappa shape index (κ2) is 6.70. The van der Waals surface area contributed by atoms with Crippen LogP contribution in [0.5, 0.6) is 0 Å². The number of methoxy groups -OCH3 is 1. The van der Waals surface area contributed by atoms with Crippen LogP contribution in [0.2, 0.25) is 4.34 Å². The molecule has 0 radical (unpaired) electrons. The number of nitrogens with zero attached hydrogens (tertiary/aromatic N) is 1. The second-order valence-corrected chi connectivity index (χ2v) is 8.76. The van der Waals surface area contributed by atoms with Gasteiger partial charge in [0.05, 0.1) is 16.3 Å². The number of hydrogen-bond donors (Lipinski definition) is 1. The lowest BCUT2D eigenvalue weighted by Crippen LogP contribution is -2.39. The highest BCUT2D eigenvalue weighted by Crippen LogP contribution is 2.42. The van der Waals surface area contributed by atoms with Crippen molar-refractivity contribution in [2.45, 2.75) is 11.3 Å². The normalized spacial score (nSPS) is 15.8. The molecule has 0 amide bonds. The lowest BCUT2D eigenvalue weighted by Gasteiger charge is -2.29. The Morgan fingerprint density at radius 2 is 2.00 bits per heavy atom. The number of aliphatic hydroxyl groups excluding tert-OH is 1. The molecule has 2 heterocycles. The van der Waals surface area contributed by atoms with Gasteiger partial charge in [0.1, 0.15) is 4.90 Å². The van der Waals surface area contributed by atoms with Gasteiger partial charge in [0.15, 0.2) is 11.5 Å². The summed E-state index contributed by atoms with van der Waals surface area (Å²) in [7, 11) is -2.90. The molecule has 132 valence electrons. The van der Waals surface area contributed by atoms with E-state index in [1.165, 1.54) is 6.07 Å². The summed E-state index contributed by atoms with van der Waals surface area (Å²) in [6, 6.07) is 10.5. The van der Waals surface area contributed by atoms with Crippen molar-refractivity contribution in [1.82, 2.24) is 4.31 Å². The number of benzene rings is 1. The van der Waals surface area contributed by atoms with Crippen molar-refractivity contribution in [3.05, 3.63) is 56.9 Å². The third-order valence-electron chi connectivity index (χ3n) is 3.75. The van der Waals surface area contributed by atoms with E-state index in [2.05, 4.69) is 4.74 Å². The zero-order valence-corrected chi connectivity index (χ0v) is 15.5. The minimum absolute atomic E-state index is 0.0201. The van der Waals surface area contributed by atoms with Crippen LogP contribution in [0.15, 0.2) is 47.0 Å². The molecule has 0 bridgehead atoms. The Bertz CT molecular complexity index is 950. The smallest absolute Gasteiger partial charge is 0.359 e. The quantitative estimate of drug-likeness (QED) is 0.799. The Kier molecular flexibility index (Phi) is 4.77. The highest BCUT2D eigenvalue weighted by molar-refractivity contribution is 7.89. The fourth-order valence-corrected chi connectivity index (χ4v) is 5.78. The maximum absolute atomic E-state index is 12.9. The van der Waals surface area contributed by atoms with Crippen LogP contribution in [0.1, 0.15) is 10.4 Å².